The molecule has 0 aliphatic carbocycles. The monoisotopic (exact) mass is 366 g/mol. The molecule has 4 atom stereocenters. The van der Waals surface area contributed by atoms with Crippen LogP contribution >= 0.6 is 0 Å². The maximum Gasteiger partial charge on any atom is 0.184 e. The minimum Gasteiger partial charge on any atom is -0.410 e. The first-order valence-corrected chi connectivity index (χ1v) is 18.2. The molecular formula is C14H34O5Si3. The smallest absolute Gasteiger partial charge is 0.184 e. The lowest BCUT2D eigenvalue weighted by atomic mass is 10.1. The molecule has 1 saturated heterocycles. The zero-order valence-corrected chi connectivity index (χ0v) is 18.6. The van der Waals surface area contributed by atoms with Gasteiger partial charge in [-0.15, -0.1) is 0 Å². The zero-order chi connectivity index (χ0) is 17.3. The van der Waals surface area contributed by atoms with Gasteiger partial charge in [0.05, 0.1) is 12.7 Å². The van der Waals surface area contributed by atoms with Crippen molar-refractivity contribution in [3.05, 3.63) is 0 Å². The van der Waals surface area contributed by atoms with Crippen molar-refractivity contribution in [3.8, 4) is 0 Å². The first kappa shape index (κ1) is 20.5. The molecule has 5 nitrogen and oxygen atoms in total. The van der Waals surface area contributed by atoms with Crippen LogP contribution in [-0.2, 0) is 18.0 Å². The summed E-state index contributed by atoms with van der Waals surface area (Å²) >= 11 is 0. The molecule has 0 saturated carbocycles. The third-order valence-electron chi connectivity index (χ3n) is 2.89. The van der Waals surface area contributed by atoms with Crippen molar-refractivity contribution in [2.24, 2.45) is 0 Å². The fraction of sp³-hybridized carbons (Fsp3) is 1.00. The molecule has 0 amide bonds. The van der Waals surface area contributed by atoms with Crippen molar-refractivity contribution in [3.63, 3.8) is 0 Å². The maximum absolute atomic E-state index is 10.3. The van der Waals surface area contributed by atoms with Gasteiger partial charge >= 0.3 is 0 Å². The zero-order valence-electron chi connectivity index (χ0n) is 15.6. The van der Waals surface area contributed by atoms with Crippen LogP contribution in [0, 0.1) is 0 Å². The van der Waals surface area contributed by atoms with Crippen molar-refractivity contribution in [2.75, 3.05) is 6.61 Å². The fourth-order valence-corrected chi connectivity index (χ4v) is 5.68. The summed E-state index contributed by atoms with van der Waals surface area (Å²) < 4.78 is 24.3. The van der Waals surface area contributed by atoms with E-state index in [0.717, 1.165) is 0 Å². The third-order valence-corrected chi connectivity index (χ3v) is 5.86. The Morgan fingerprint density at radius 1 is 0.727 bits per heavy atom. The Balaban J connectivity index is 3.01. The molecule has 1 aliphatic heterocycles. The third kappa shape index (κ3) is 7.35. The molecule has 0 aromatic carbocycles. The molecule has 0 aromatic rings. The van der Waals surface area contributed by atoms with E-state index in [1.165, 1.54) is 0 Å². The Bertz CT molecular complexity index is 359. The minimum atomic E-state index is -1.84. The number of aliphatic hydroxyl groups excluding tert-OH is 1. The summed E-state index contributed by atoms with van der Waals surface area (Å²) in [7, 11) is -5.39. The summed E-state index contributed by atoms with van der Waals surface area (Å²) in [4.78, 5) is 0. The number of hydrogen-bond donors (Lipinski definition) is 1. The van der Waals surface area contributed by atoms with Crippen LogP contribution in [0.1, 0.15) is 0 Å². The van der Waals surface area contributed by atoms with Crippen LogP contribution in [-0.4, -0.2) is 61.3 Å². The van der Waals surface area contributed by atoms with E-state index in [4.69, 9.17) is 18.0 Å². The largest absolute Gasteiger partial charge is 0.410 e. The number of ether oxygens (including phenoxy) is 1. The summed E-state index contributed by atoms with van der Waals surface area (Å²) in [5, 5.41) is 10.3. The molecule has 1 N–H and O–H groups in total. The van der Waals surface area contributed by atoms with Crippen LogP contribution in [0.4, 0.5) is 0 Å². The molecule has 132 valence electrons. The van der Waals surface area contributed by atoms with Crippen molar-refractivity contribution in [1.29, 1.82) is 0 Å². The van der Waals surface area contributed by atoms with Crippen LogP contribution in [0.2, 0.25) is 58.9 Å². The maximum atomic E-state index is 10.3. The van der Waals surface area contributed by atoms with Gasteiger partial charge in [-0.25, -0.2) is 0 Å². The van der Waals surface area contributed by atoms with Gasteiger partial charge in [-0.1, -0.05) is 0 Å². The van der Waals surface area contributed by atoms with Gasteiger partial charge in [0.1, 0.15) is 12.2 Å². The highest BCUT2D eigenvalue weighted by Gasteiger charge is 2.46. The Hall–Kier alpha value is 0.451. The molecule has 0 unspecified atom stereocenters. The molecule has 0 bridgehead atoms. The van der Waals surface area contributed by atoms with Crippen LogP contribution in [0.3, 0.4) is 0 Å². The molecular weight excluding hydrogens is 332 g/mol. The van der Waals surface area contributed by atoms with E-state index in [2.05, 4.69) is 58.9 Å². The van der Waals surface area contributed by atoms with Crippen molar-refractivity contribution in [2.45, 2.75) is 83.5 Å². The van der Waals surface area contributed by atoms with E-state index in [-0.39, 0.29) is 12.2 Å². The average Bonchev–Trinajstić information content (AvgIpc) is 2.22. The van der Waals surface area contributed by atoms with Crippen molar-refractivity contribution < 1.29 is 23.1 Å². The number of aliphatic hydroxyl groups is 1. The fourth-order valence-electron chi connectivity index (χ4n) is 2.40. The highest BCUT2D eigenvalue weighted by molar-refractivity contribution is 6.70. The van der Waals surface area contributed by atoms with Gasteiger partial charge in [0.25, 0.3) is 0 Å². The van der Waals surface area contributed by atoms with E-state index in [9.17, 15) is 5.11 Å². The van der Waals surface area contributed by atoms with Crippen LogP contribution in [0.5, 0.6) is 0 Å². The summed E-state index contributed by atoms with van der Waals surface area (Å²) in [5.41, 5.74) is 0. The van der Waals surface area contributed by atoms with Gasteiger partial charge in [0, 0.05) is 0 Å². The number of hydrogen-bond acceptors (Lipinski definition) is 5. The SMILES string of the molecule is C[Si](C)(C)O[C@@H]1[C@@H](O[Si](C)(C)C)[C@H](O[Si](C)(C)C)CO[C@@H]1O. The molecule has 22 heavy (non-hydrogen) atoms. The summed E-state index contributed by atoms with van der Waals surface area (Å²) in [6.07, 6.45) is -1.87. The summed E-state index contributed by atoms with van der Waals surface area (Å²) in [6, 6.07) is 0. The quantitative estimate of drug-likeness (QED) is 0.732. The molecule has 1 aliphatic rings. The Labute approximate surface area is 138 Å². The first-order valence-electron chi connectivity index (χ1n) is 8.01. The molecule has 8 heteroatoms. The van der Waals surface area contributed by atoms with Crippen LogP contribution in [0.25, 0.3) is 0 Å². The minimum absolute atomic E-state index is 0.178. The molecule has 0 aromatic heterocycles. The Kier molecular flexibility index (Phi) is 6.65. The van der Waals surface area contributed by atoms with Gasteiger partial charge < -0.3 is 23.1 Å². The average molecular weight is 367 g/mol. The molecule has 0 radical (unpaired) electrons. The Morgan fingerprint density at radius 3 is 1.55 bits per heavy atom. The summed E-state index contributed by atoms with van der Waals surface area (Å²) in [5.74, 6) is 0. The highest BCUT2D eigenvalue weighted by Crippen LogP contribution is 2.29. The summed E-state index contributed by atoms with van der Waals surface area (Å²) in [6.45, 7) is 19.6. The van der Waals surface area contributed by atoms with E-state index < -0.39 is 37.3 Å². The first-order chi connectivity index (χ1) is 9.68. The molecule has 0 spiro atoms. The lowest BCUT2D eigenvalue weighted by molar-refractivity contribution is -0.240. The molecule has 1 rings (SSSR count). The molecule has 1 fully saturated rings. The lowest BCUT2D eigenvalue weighted by Crippen LogP contribution is -2.61. The van der Waals surface area contributed by atoms with Crippen LogP contribution in [0.15, 0.2) is 0 Å². The van der Waals surface area contributed by atoms with Crippen molar-refractivity contribution in [1.82, 2.24) is 0 Å². The number of rotatable bonds is 6. The van der Waals surface area contributed by atoms with Crippen LogP contribution < -0.4 is 0 Å². The van der Waals surface area contributed by atoms with E-state index >= 15 is 0 Å². The van der Waals surface area contributed by atoms with Gasteiger partial charge in [-0.2, -0.15) is 0 Å². The van der Waals surface area contributed by atoms with E-state index in [0.29, 0.717) is 6.61 Å². The lowest BCUT2D eigenvalue weighted by Gasteiger charge is -2.46. The van der Waals surface area contributed by atoms with Gasteiger partial charge in [-0.3, -0.25) is 0 Å². The standard InChI is InChI=1S/C14H34O5Si3/c1-20(2,3)17-11-10-16-14(15)13(19-22(7,8)9)12(11)18-21(4,5)6/h11-15H,10H2,1-9H3/t11-,12+,13-,14+/m1/s1. The van der Waals surface area contributed by atoms with Gasteiger partial charge in [0.15, 0.2) is 31.2 Å². The second kappa shape index (κ2) is 7.14. The predicted octanol–water partition coefficient (Wildman–Crippen LogP) is 3.00. The van der Waals surface area contributed by atoms with Gasteiger partial charge in [0.2, 0.25) is 0 Å². The molecule has 1 heterocycles. The predicted molar refractivity (Wildman–Crippen MR) is 96.6 cm³/mol. The Morgan fingerprint density at radius 2 is 1.14 bits per heavy atom. The highest BCUT2D eigenvalue weighted by atomic mass is 28.4. The van der Waals surface area contributed by atoms with Gasteiger partial charge in [-0.05, 0) is 58.9 Å². The van der Waals surface area contributed by atoms with E-state index in [1.54, 1.807) is 0 Å². The second-order valence-corrected chi connectivity index (χ2v) is 22.3. The second-order valence-electron chi connectivity index (χ2n) is 8.88. The van der Waals surface area contributed by atoms with E-state index in [1.807, 2.05) is 0 Å². The topological polar surface area (TPSA) is 57.2 Å². The normalized spacial score (nSPS) is 31.4. The van der Waals surface area contributed by atoms with Crippen molar-refractivity contribution >= 4 is 25.0 Å².